The summed E-state index contributed by atoms with van der Waals surface area (Å²) in [4.78, 5) is 0. The molecule has 0 N–H and O–H groups in total. The van der Waals surface area contributed by atoms with E-state index in [0.29, 0.717) is 12.2 Å². The van der Waals surface area contributed by atoms with Crippen molar-refractivity contribution < 1.29 is 18.6 Å². The maximum Gasteiger partial charge on any atom is 0.145 e. The van der Waals surface area contributed by atoms with Crippen LogP contribution < -0.4 is 0 Å². The summed E-state index contributed by atoms with van der Waals surface area (Å²) in [6.07, 6.45) is 0.785. The molecule has 2 heterocycles. The Morgan fingerprint density at radius 1 is 1.25 bits per heavy atom. The Morgan fingerprint density at radius 3 is 1.83 bits per heavy atom. The third-order valence-electron chi connectivity index (χ3n) is 1.41. The molecule has 0 aromatic carbocycles. The Bertz CT molecular complexity index is 102. The van der Waals surface area contributed by atoms with Crippen LogP contribution in [0.4, 0.5) is 0 Å². The van der Waals surface area contributed by atoms with Gasteiger partial charge in [-0.15, -0.1) is 0 Å². The Morgan fingerprint density at radius 2 is 1.58 bits per heavy atom. The summed E-state index contributed by atoms with van der Waals surface area (Å²) in [5, 5.41) is 0. The van der Waals surface area contributed by atoms with Crippen LogP contribution in [0.5, 0.6) is 0 Å². The quantitative estimate of drug-likeness (QED) is 0.411. The number of rotatable bonds is 4. The maximum absolute atomic E-state index is 5.23. The second kappa shape index (κ2) is 5.66. The Labute approximate surface area is 75.7 Å². The van der Waals surface area contributed by atoms with Gasteiger partial charge in [-0.3, -0.25) is 0 Å². The fourth-order valence-corrected chi connectivity index (χ4v) is 0.659. The third-order valence-corrected chi connectivity index (χ3v) is 1.41. The van der Waals surface area contributed by atoms with Gasteiger partial charge in [-0.05, 0) is 0 Å². The van der Waals surface area contributed by atoms with Crippen molar-refractivity contribution in [1.29, 1.82) is 0 Å². The number of ether oxygens (including phenoxy) is 3. The van der Waals surface area contributed by atoms with Crippen molar-refractivity contribution in [1.82, 2.24) is 0 Å². The van der Waals surface area contributed by atoms with Crippen LogP contribution in [0.15, 0.2) is 0 Å². The van der Waals surface area contributed by atoms with E-state index in [1.54, 1.807) is 7.11 Å². The Hall–Kier alpha value is 0.0569. The van der Waals surface area contributed by atoms with Gasteiger partial charge >= 0.3 is 0 Å². The van der Waals surface area contributed by atoms with Gasteiger partial charge in [-0.25, -0.2) is 0 Å². The van der Waals surface area contributed by atoms with Crippen molar-refractivity contribution in [2.24, 2.45) is 0 Å². The van der Waals surface area contributed by atoms with Gasteiger partial charge in [0.25, 0.3) is 0 Å². The summed E-state index contributed by atoms with van der Waals surface area (Å²) in [6, 6.07) is 0. The zero-order chi connectivity index (χ0) is 8.81. The SMILES string of the molecule is C(OCC1CO1)C1CO1.CO[SiH3]. The molecule has 2 aliphatic rings. The molecule has 0 spiro atoms. The van der Waals surface area contributed by atoms with Crippen molar-refractivity contribution >= 4 is 10.5 Å². The minimum atomic E-state index is 0.392. The summed E-state index contributed by atoms with van der Waals surface area (Å²) in [7, 11) is 2.56. The van der Waals surface area contributed by atoms with Crippen LogP contribution in [0.3, 0.4) is 0 Å². The molecular formula is C7H16O4Si. The highest BCUT2D eigenvalue weighted by molar-refractivity contribution is 5.97. The topological polar surface area (TPSA) is 43.5 Å². The monoisotopic (exact) mass is 192 g/mol. The van der Waals surface area contributed by atoms with Crippen molar-refractivity contribution in [2.45, 2.75) is 12.2 Å². The first-order chi connectivity index (χ1) is 5.86. The average Bonchev–Trinajstić information content (AvgIpc) is 2.82. The molecule has 2 fully saturated rings. The predicted molar refractivity (Wildman–Crippen MR) is 47.2 cm³/mol. The normalized spacial score (nSPS) is 30.8. The van der Waals surface area contributed by atoms with Crippen molar-refractivity contribution in [3.8, 4) is 0 Å². The smallest absolute Gasteiger partial charge is 0.145 e. The first-order valence-electron chi connectivity index (χ1n) is 4.08. The summed E-state index contributed by atoms with van der Waals surface area (Å²) in [6.45, 7) is 3.26. The van der Waals surface area contributed by atoms with Crippen molar-refractivity contribution in [3.05, 3.63) is 0 Å². The highest BCUT2D eigenvalue weighted by Gasteiger charge is 2.26. The first kappa shape index (κ1) is 10.1. The minimum absolute atomic E-state index is 0.392. The highest BCUT2D eigenvalue weighted by atomic mass is 28.2. The van der Waals surface area contributed by atoms with Crippen LogP contribution in [-0.2, 0) is 18.6 Å². The second-order valence-corrected chi connectivity index (χ2v) is 3.67. The summed E-state index contributed by atoms with van der Waals surface area (Å²) < 4.78 is 19.5. The lowest BCUT2D eigenvalue weighted by atomic mass is 10.5. The highest BCUT2D eigenvalue weighted by Crippen LogP contribution is 2.12. The molecule has 72 valence electrons. The van der Waals surface area contributed by atoms with E-state index < -0.39 is 0 Å². The molecule has 4 nitrogen and oxygen atoms in total. The minimum Gasteiger partial charge on any atom is -0.431 e. The van der Waals surface area contributed by atoms with Gasteiger partial charge in [0.2, 0.25) is 0 Å². The van der Waals surface area contributed by atoms with Gasteiger partial charge in [-0.2, -0.15) is 0 Å². The molecule has 0 aliphatic carbocycles. The first-order valence-corrected chi connectivity index (χ1v) is 4.89. The van der Waals surface area contributed by atoms with E-state index in [0.717, 1.165) is 36.9 Å². The van der Waals surface area contributed by atoms with E-state index in [-0.39, 0.29) is 0 Å². The molecule has 2 saturated heterocycles. The Kier molecular flexibility index (Phi) is 4.78. The van der Waals surface area contributed by atoms with E-state index >= 15 is 0 Å². The molecule has 2 rings (SSSR count). The summed E-state index contributed by atoms with van der Waals surface area (Å²) >= 11 is 0. The zero-order valence-corrected chi connectivity index (χ0v) is 9.62. The molecule has 2 aliphatic heterocycles. The van der Waals surface area contributed by atoms with Gasteiger partial charge < -0.3 is 18.6 Å². The zero-order valence-electron chi connectivity index (χ0n) is 7.62. The van der Waals surface area contributed by atoms with Gasteiger partial charge in [0, 0.05) is 7.11 Å². The van der Waals surface area contributed by atoms with Crippen LogP contribution in [-0.4, -0.2) is 56.2 Å². The fourth-order valence-electron chi connectivity index (χ4n) is 0.659. The van der Waals surface area contributed by atoms with E-state index in [4.69, 9.17) is 14.2 Å². The summed E-state index contributed by atoms with van der Waals surface area (Å²) in [5.74, 6) is 0. The van der Waals surface area contributed by atoms with Crippen molar-refractivity contribution in [3.63, 3.8) is 0 Å². The van der Waals surface area contributed by atoms with E-state index in [1.165, 1.54) is 0 Å². The molecular weight excluding hydrogens is 176 g/mol. The van der Waals surface area contributed by atoms with Gasteiger partial charge in [0.15, 0.2) is 0 Å². The lowest BCUT2D eigenvalue weighted by Crippen LogP contribution is -2.06. The van der Waals surface area contributed by atoms with Crippen molar-refractivity contribution in [2.75, 3.05) is 33.5 Å². The molecule has 0 radical (unpaired) electrons. The molecule has 5 heteroatoms. The lowest BCUT2D eigenvalue weighted by Gasteiger charge is -1.95. The molecule has 0 saturated carbocycles. The molecule has 0 amide bonds. The largest absolute Gasteiger partial charge is 0.431 e. The lowest BCUT2D eigenvalue weighted by molar-refractivity contribution is 0.102. The molecule has 2 atom stereocenters. The molecule has 12 heavy (non-hydrogen) atoms. The van der Waals surface area contributed by atoms with Gasteiger partial charge in [-0.1, -0.05) is 0 Å². The fraction of sp³-hybridized carbons (Fsp3) is 1.00. The van der Waals surface area contributed by atoms with E-state index in [9.17, 15) is 0 Å². The van der Waals surface area contributed by atoms with Crippen LogP contribution >= 0.6 is 0 Å². The number of hydrogen-bond acceptors (Lipinski definition) is 4. The number of epoxide rings is 2. The van der Waals surface area contributed by atoms with E-state index in [2.05, 4.69) is 4.43 Å². The standard InChI is InChI=1S/C6H10O3.CH6OSi/c1(5-3-8-5)7-2-6-4-9-6;1-2-3/h5-6H,1-4H2;1,3H3. The average molecular weight is 192 g/mol. The molecule has 0 bridgehead atoms. The van der Waals surface area contributed by atoms with Gasteiger partial charge in [0.05, 0.1) is 26.4 Å². The Balaban J connectivity index is 0.000000213. The second-order valence-electron chi connectivity index (χ2n) is 2.86. The molecule has 0 aromatic heterocycles. The van der Waals surface area contributed by atoms with E-state index in [1.807, 2.05) is 0 Å². The summed E-state index contributed by atoms with van der Waals surface area (Å²) in [5.41, 5.74) is 0. The van der Waals surface area contributed by atoms with Crippen LogP contribution in [0.1, 0.15) is 0 Å². The van der Waals surface area contributed by atoms with Crippen LogP contribution in [0.25, 0.3) is 0 Å². The van der Waals surface area contributed by atoms with Crippen LogP contribution in [0, 0.1) is 0 Å². The predicted octanol–water partition coefficient (Wildman–Crippen LogP) is -1.29. The molecule has 0 aromatic rings. The number of hydrogen-bond donors (Lipinski definition) is 0. The van der Waals surface area contributed by atoms with Crippen LogP contribution in [0.2, 0.25) is 0 Å². The third kappa shape index (κ3) is 5.67. The maximum atomic E-state index is 5.23. The molecule has 2 unspecified atom stereocenters. The van der Waals surface area contributed by atoms with Gasteiger partial charge in [0.1, 0.15) is 22.7 Å².